The van der Waals surface area contributed by atoms with Crippen LogP contribution in [-0.2, 0) is 22.3 Å². The zero-order chi connectivity index (χ0) is 19.8. The number of hydrogen-bond acceptors (Lipinski definition) is 3. The number of ether oxygens (including phenoxy) is 2. The predicted molar refractivity (Wildman–Crippen MR) is 120 cm³/mol. The lowest BCUT2D eigenvalue weighted by molar-refractivity contribution is -0.105. The Hall–Kier alpha value is -1.94. The molecule has 0 bridgehead atoms. The molecule has 1 saturated heterocycles. The Bertz CT molecular complexity index is 1030. The third-order valence-electron chi connectivity index (χ3n) is 7.01. The Morgan fingerprint density at radius 1 is 0.897 bits per heavy atom. The van der Waals surface area contributed by atoms with Crippen molar-refractivity contribution in [1.29, 1.82) is 0 Å². The standard InChI is InChI=1S/C26H31NO2/c1-28-26(29-2)22-9-5-8-21-20-11-10-17-6-3-4-7-19(17)24(20)16-23(25(21)22)18-12-14-27-15-13-18/h5,8-11,16,18,26-27H,3-4,6-7,12-15H2,1-2H3. The minimum atomic E-state index is -0.339. The van der Waals surface area contributed by atoms with Gasteiger partial charge < -0.3 is 14.8 Å². The van der Waals surface area contributed by atoms with Gasteiger partial charge in [0.05, 0.1) is 0 Å². The van der Waals surface area contributed by atoms with E-state index >= 15 is 0 Å². The molecule has 0 spiro atoms. The summed E-state index contributed by atoms with van der Waals surface area (Å²) < 4.78 is 11.4. The monoisotopic (exact) mass is 389 g/mol. The van der Waals surface area contributed by atoms with E-state index in [2.05, 4.69) is 41.7 Å². The highest BCUT2D eigenvalue weighted by atomic mass is 16.7. The van der Waals surface area contributed by atoms with Crippen molar-refractivity contribution < 1.29 is 9.47 Å². The average molecular weight is 390 g/mol. The number of benzene rings is 3. The number of methoxy groups -OCH3 is 2. The summed E-state index contributed by atoms with van der Waals surface area (Å²) >= 11 is 0. The number of nitrogens with one attached hydrogen (secondary N) is 1. The molecule has 1 N–H and O–H groups in total. The average Bonchev–Trinajstić information content (AvgIpc) is 2.79. The van der Waals surface area contributed by atoms with Gasteiger partial charge in [-0.2, -0.15) is 0 Å². The molecule has 152 valence electrons. The molecule has 3 aromatic rings. The largest absolute Gasteiger partial charge is 0.352 e. The van der Waals surface area contributed by atoms with Crippen LogP contribution in [0.15, 0.2) is 36.4 Å². The molecule has 1 aliphatic heterocycles. The molecule has 29 heavy (non-hydrogen) atoms. The molecule has 0 aromatic heterocycles. The molecule has 0 unspecified atom stereocenters. The summed E-state index contributed by atoms with van der Waals surface area (Å²) in [6.07, 6.45) is 7.10. The van der Waals surface area contributed by atoms with Gasteiger partial charge in [0.1, 0.15) is 0 Å². The van der Waals surface area contributed by atoms with Gasteiger partial charge in [0.25, 0.3) is 0 Å². The van der Waals surface area contributed by atoms with Crippen LogP contribution in [0.25, 0.3) is 21.5 Å². The van der Waals surface area contributed by atoms with E-state index in [1.165, 1.54) is 65.6 Å². The Balaban J connectivity index is 1.85. The Kier molecular flexibility index (Phi) is 5.29. The molecule has 1 heterocycles. The third kappa shape index (κ3) is 3.26. The molecular weight excluding hydrogens is 358 g/mol. The van der Waals surface area contributed by atoms with Crippen molar-refractivity contribution >= 4 is 21.5 Å². The van der Waals surface area contributed by atoms with Crippen LogP contribution in [0.5, 0.6) is 0 Å². The number of piperidine rings is 1. The van der Waals surface area contributed by atoms with E-state index < -0.39 is 0 Å². The number of aryl methyl sites for hydroxylation is 2. The zero-order valence-corrected chi connectivity index (χ0v) is 17.6. The fourth-order valence-corrected chi connectivity index (χ4v) is 5.60. The summed E-state index contributed by atoms with van der Waals surface area (Å²) in [6, 6.07) is 13.9. The van der Waals surface area contributed by atoms with Gasteiger partial charge >= 0.3 is 0 Å². The van der Waals surface area contributed by atoms with Crippen LogP contribution in [-0.4, -0.2) is 27.3 Å². The van der Waals surface area contributed by atoms with Gasteiger partial charge in [0.15, 0.2) is 6.29 Å². The highest BCUT2D eigenvalue weighted by molar-refractivity contribution is 6.11. The lowest BCUT2D eigenvalue weighted by Crippen LogP contribution is -2.27. The maximum absolute atomic E-state index is 5.70. The molecule has 3 aromatic carbocycles. The molecular formula is C26H31NO2. The topological polar surface area (TPSA) is 30.5 Å². The lowest BCUT2D eigenvalue weighted by atomic mass is 9.80. The quantitative estimate of drug-likeness (QED) is 0.463. The van der Waals surface area contributed by atoms with Crippen LogP contribution >= 0.6 is 0 Å². The van der Waals surface area contributed by atoms with E-state index in [-0.39, 0.29) is 6.29 Å². The van der Waals surface area contributed by atoms with Gasteiger partial charge in [-0.05, 0) is 102 Å². The Morgan fingerprint density at radius 2 is 1.69 bits per heavy atom. The first-order valence-electron chi connectivity index (χ1n) is 11.1. The second-order valence-electron chi connectivity index (χ2n) is 8.57. The molecule has 0 amide bonds. The lowest BCUT2D eigenvalue weighted by Gasteiger charge is -2.28. The normalized spacial score (nSPS) is 17.9. The molecule has 0 atom stereocenters. The first-order chi connectivity index (χ1) is 14.3. The van der Waals surface area contributed by atoms with Crippen LogP contribution in [0.2, 0.25) is 0 Å². The molecule has 3 heteroatoms. The maximum Gasteiger partial charge on any atom is 0.183 e. The molecule has 1 aliphatic carbocycles. The molecule has 0 saturated carbocycles. The smallest absolute Gasteiger partial charge is 0.183 e. The van der Waals surface area contributed by atoms with E-state index in [0.717, 1.165) is 18.7 Å². The van der Waals surface area contributed by atoms with Crippen molar-refractivity contribution in [3.05, 3.63) is 58.7 Å². The van der Waals surface area contributed by atoms with Gasteiger partial charge in [-0.1, -0.05) is 30.3 Å². The summed E-state index contributed by atoms with van der Waals surface area (Å²) in [5.41, 5.74) is 5.79. The van der Waals surface area contributed by atoms with Gasteiger partial charge in [0, 0.05) is 19.8 Å². The van der Waals surface area contributed by atoms with E-state index in [0.29, 0.717) is 5.92 Å². The number of hydrogen-bond donors (Lipinski definition) is 1. The second kappa shape index (κ2) is 8.06. The number of fused-ring (bicyclic) bond motifs is 5. The highest BCUT2D eigenvalue weighted by Gasteiger charge is 2.24. The maximum atomic E-state index is 5.70. The van der Waals surface area contributed by atoms with E-state index in [1.54, 1.807) is 25.3 Å². The van der Waals surface area contributed by atoms with Crippen molar-refractivity contribution in [2.45, 2.75) is 50.7 Å². The summed E-state index contributed by atoms with van der Waals surface area (Å²) in [5.74, 6) is 0.582. The number of rotatable bonds is 4. The second-order valence-corrected chi connectivity index (χ2v) is 8.57. The summed E-state index contributed by atoms with van der Waals surface area (Å²) in [4.78, 5) is 0. The SMILES string of the molecule is COC(OC)c1cccc2c1c(C1CCNCC1)cc1c3c(ccc12)CCCC3. The Morgan fingerprint density at radius 3 is 2.48 bits per heavy atom. The van der Waals surface area contributed by atoms with Crippen LogP contribution in [0.4, 0.5) is 0 Å². The van der Waals surface area contributed by atoms with Gasteiger partial charge in [-0.15, -0.1) is 0 Å². The fraction of sp³-hybridized carbons (Fsp3) is 0.462. The van der Waals surface area contributed by atoms with Crippen molar-refractivity contribution in [3.8, 4) is 0 Å². The molecule has 3 nitrogen and oxygen atoms in total. The van der Waals surface area contributed by atoms with E-state index in [9.17, 15) is 0 Å². The van der Waals surface area contributed by atoms with Gasteiger partial charge in [-0.3, -0.25) is 0 Å². The summed E-state index contributed by atoms with van der Waals surface area (Å²) in [6.45, 7) is 2.19. The van der Waals surface area contributed by atoms with Crippen molar-refractivity contribution in [3.63, 3.8) is 0 Å². The molecule has 2 aliphatic rings. The third-order valence-corrected chi connectivity index (χ3v) is 7.01. The van der Waals surface area contributed by atoms with E-state index in [1.807, 2.05) is 0 Å². The van der Waals surface area contributed by atoms with Crippen molar-refractivity contribution in [1.82, 2.24) is 5.32 Å². The minimum absolute atomic E-state index is 0.339. The predicted octanol–water partition coefficient (Wildman–Crippen LogP) is 5.63. The fourth-order valence-electron chi connectivity index (χ4n) is 5.60. The van der Waals surface area contributed by atoms with Crippen LogP contribution in [0.3, 0.4) is 0 Å². The highest BCUT2D eigenvalue weighted by Crippen LogP contribution is 2.42. The molecule has 5 rings (SSSR count). The van der Waals surface area contributed by atoms with E-state index in [4.69, 9.17) is 9.47 Å². The van der Waals surface area contributed by atoms with Crippen LogP contribution in [0.1, 0.15) is 60.1 Å². The molecule has 0 radical (unpaired) electrons. The van der Waals surface area contributed by atoms with Crippen molar-refractivity contribution in [2.24, 2.45) is 0 Å². The minimum Gasteiger partial charge on any atom is -0.352 e. The Labute approximate surface area is 173 Å². The first-order valence-corrected chi connectivity index (χ1v) is 11.1. The first kappa shape index (κ1) is 19.0. The van der Waals surface area contributed by atoms with Gasteiger partial charge in [0.2, 0.25) is 0 Å². The van der Waals surface area contributed by atoms with Crippen LogP contribution in [0, 0.1) is 0 Å². The molecule has 1 fully saturated rings. The van der Waals surface area contributed by atoms with Gasteiger partial charge in [-0.25, -0.2) is 0 Å². The van der Waals surface area contributed by atoms with Crippen molar-refractivity contribution in [2.75, 3.05) is 27.3 Å². The zero-order valence-electron chi connectivity index (χ0n) is 17.6. The summed E-state index contributed by atoms with van der Waals surface area (Å²) in [5, 5.41) is 9.08. The van der Waals surface area contributed by atoms with Crippen LogP contribution < -0.4 is 5.32 Å². The summed E-state index contributed by atoms with van der Waals surface area (Å²) in [7, 11) is 3.46.